The number of hydrogen-bond acceptors (Lipinski definition) is 4. The minimum atomic E-state index is -4.48. The van der Waals surface area contributed by atoms with Crippen LogP contribution in [0.15, 0.2) is 41.4 Å². The number of hydrogen-bond donors (Lipinski definition) is 2. The second-order valence-electron chi connectivity index (χ2n) is 6.87. The zero-order valence-corrected chi connectivity index (χ0v) is 17.1. The van der Waals surface area contributed by atoms with E-state index in [4.69, 9.17) is 5.11 Å². The van der Waals surface area contributed by atoms with Crippen LogP contribution in [0.1, 0.15) is 16.1 Å². The van der Waals surface area contributed by atoms with Gasteiger partial charge in [-0.2, -0.15) is 17.5 Å². The lowest BCUT2D eigenvalue weighted by atomic mass is 10.2. The van der Waals surface area contributed by atoms with Crippen LogP contribution >= 0.6 is 0 Å². The van der Waals surface area contributed by atoms with Gasteiger partial charge in [-0.15, -0.1) is 0 Å². The van der Waals surface area contributed by atoms with Gasteiger partial charge in [0.25, 0.3) is 0 Å². The molecule has 168 valence electrons. The van der Waals surface area contributed by atoms with Crippen LogP contribution < -0.4 is 5.32 Å². The first kappa shape index (κ1) is 22.6. The zero-order valence-electron chi connectivity index (χ0n) is 16.3. The van der Waals surface area contributed by atoms with Gasteiger partial charge in [0.2, 0.25) is 10.0 Å². The number of carboxylic acid groups (broad SMARTS) is 1. The van der Waals surface area contributed by atoms with E-state index in [2.05, 4.69) is 5.32 Å². The molecule has 0 bridgehead atoms. The molecule has 0 atom stereocenters. The molecule has 3 rings (SSSR count). The number of aryl methyl sites for hydroxylation is 1. The predicted octanol–water partition coefficient (Wildman–Crippen LogP) is 2.28. The van der Waals surface area contributed by atoms with Crippen molar-refractivity contribution in [2.45, 2.75) is 11.1 Å². The summed E-state index contributed by atoms with van der Waals surface area (Å²) >= 11 is 0. The fraction of sp³-hybridized carbons (Fsp3) is 0.333. The summed E-state index contributed by atoms with van der Waals surface area (Å²) in [6, 6.07) is 4.48. The minimum absolute atomic E-state index is 0.0138. The van der Waals surface area contributed by atoms with Crippen LogP contribution in [0.3, 0.4) is 0 Å². The molecule has 0 aliphatic carbocycles. The maximum atomic E-state index is 12.8. The average Bonchev–Trinajstić information content (AvgIpc) is 3.10. The summed E-state index contributed by atoms with van der Waals surface area (Å²) in [4.78, 5) is 24.7. The lowest BCUT2D eigenvalue weighted by Crippen LogP contribution is -2.51. The number of carbonyl (C=O) groups excluding carboxylic acids is 1. The lowest BCUT2D eigenvalue weighted by molar-refractivity contribution is -0.137. The Morgan fingerprint density at radius 3 is 2.13 bits per heavy atom. The number of nitrogens with zero attached hydrogens (tertiary/aromatic N) is 3. The average molecular weight is 460 g/mol. The second kappa shape index (κ2) is 8.23. The third-order valence-electron chi connectivity index (χ3n) is 4.83. The van der Waals surface area contributed by atoms with Gasteiger partial charge >= 0.3 is 18.2 Å². The maximum absolute atomic E-state index is 12.8. The molecule has 1 fully saturated rings. The van der Waals surface area contributed by atoms with Crippen LogP contribution in [-0.4, -0.2) is 65.5 Å². The molecule has 13 heteroatoms. The van der Waals surface area contributed by atoms with Crippen molar-refractivity contribution in [1.82, 2.24) is 13.8 Å². The highest BCUT2D eigenvalue weighted by molar-refractivity contribution is 7.89. The SMILES string of the molecule is Cn1cc(S(=O)(=O)N2CCN(C(=O)Nc3ccc(C(F)(F)F)cc3)CC2)cc1C(=O)O. The van der Waals surface area contributed by atoms with E-state index in [9.17, 15) is 31.2 Å². The largest absolute Gasteiger partial charge is 0.477 e. The van der Waals surface area contributed by atoms with E-state index < -0.39 is 33.8 Å². The number of aromatic carboxylic acids is 1. The number of halogens is 3. The molecule has 2 heterocycles. The Balaban J connectivity index is 1.61. The number of piperazine rings is 1. The van der Waals surface area contributed by atoms with Gasteiger partial charge in [0.1, 0.15) is 10.6 Å². The van der Waals surface area contributed by atoms with Crippen LogP contribution in [0.2, 0.25) is 0 Å². The summed E-state index contributed by atoms with van der Waals surface area (Å²) in [6.07, 6.45) is -3.27. The van der Waals surface area contributed by atoms with Gasteiger partial charge in [0, 0.05) is 45.1 Å². The lowest BCUT2D eigenvalue weighted by Gasteiger charge is -2.33. The zero-order chi connectivity index (χ0) is 23.0. The summed E-state index contributed by atoms with van der Waals surface area (Å²) in [5.74, 6) is -1.26. The monoisotopic (exact) mass is 460 g/mol. The smallest absolute Gasteiger partial charge is 0.416 e. The summed E-state index contributed by atoms with van der Waals surface area (Å²) < 4.78 is 65.7. The van der Waals surface area contributed by atoms with E-state index in [0.717, 1.165) is 34.6 Å². The van der Waals surface area contributed by atoms with Crippen molar-refractivity contribution in [3.8, 4) is 0 Å². The van der Waals surface area contributed by atoms with E-state index in [1.165, 1.54) is 22.7 Å². The van der Waals surface area contributed by atoms with Gasteiger partial charge in [-0.05, 0) is 30.3 Å². The van der Waals surface area contributed by atoms with E-state index in [1.54, 1.807) is 0 Å². The number of nitrogens with one attached hydrogen (secondary N) is 1. The number of urea groups is 1. The summed E-state index contributed by atoms with van der Waals surface area (Å²) in [7, 11) is -2.52. The molecule has 0 spiro atoms. The molecule has 1 aliphatic heterocycles. The molecule has 31 heavy (non-hydrogen) atoms. The summed E-state index contributed by atoms with van der Waals surface area (Å²) in [6.45, 7) is 0.0920. The highest BCUT2D eigenvalue weighted by Crippen LogP contribution is 2.30. The molecule has 0 radical (unpaired) electrons. The van der Waals surface area contributed by atoms with Crippen molar-refractivity contribution in [3.05, 3.63) is 47.8 Å². The van der Waals surface area contributed by atoms with Crippen molar-refractivity contribution in [3.63, 3.8) is 0 Å². The number of benzene rings is 1. The first-order chi connectivity index (χ1) is 14.4. The number of amides is 2. The number of carbonyl (C=O) groups is 2. The quantitative estimate of drug-likeness (QED) is 0.727. The minimum Gasteiger partial charge on any atom is -0.477 e. The van der Waals surface area contributed by atoms with Crippen LogP contribution in [0.5, 0.6) is 0 Å². The Labute approximate surface area is 175 Å². The standard InChI is InChI=1S/C18H19F3N4O5S/c1-23-11-14(10-15(23)16(26)27)31(29,30)25-8-6-24(7-9-25)17(28)22-13-4-2-12(3-5-13)18(19,20)21/h2-5,10-11H,6-9H2,1H3,(H,22,28)(H,26,27). The van der Waals surface area contributed by atoms with E-state index in [0.29, 0.717) is 0 Å². The number of alkyl halides is 3. The molecule has 1 aromatic carbocycles. The molecular weight excluding hydrogens is 441 g/mol. The Hall–Kier alpha value is -3.06. The van der Waals surface area contributed by atoms with Gasteiger partial charge in [-0.25, -0.2) is 18.0 Å². The van der Waals surface area contributed by atoms with Crippen LogP contribution in [0.4, 0.5) is 23.7 Å². The highest BCUT2D eigenvalue weighted by Gasteiger charge is 2.32. The van der Waals surface area contributed by atoms with Crippen molar-refractivity contribution >= 4 is 27.7 Å². The predicted molar refractivity (Wildman–Crippen MR) is 103 cm³/mol. The Morgan fingerprint density at radius 1 is 1.06 bits per heavy atom. The maximum Gasteiger partial charge on any atom is 0.416 e. The topological polar surface area (TPSA) is 112 Å². The van der Waals surface area contributed by atoms with Crippen LogP contribution in [0, 0.1) is 0 Å². The van der Waals surface area contributed by atoms with Gasteiger partial charge in [0.15, 0.2) is 0 Å². The number of sulfonamides is 1. The first-order valence-corrected chi connectivity index (χ1v) is 10.5. The Kier molecular flexibility index (Phi) is 6.00. The van der Waals surface area contributed by atoms with Gasteiger partial charge in [-0.3, -0.25) is 0 Å². The van der Waals surface area contributed by atoms with Gasteiger partial charge < -0.3 is 19.9 Å². The third-order valence-corrected chi connectivity index (χ3v) is 6.69. The molecule has 1 aliphatic rings. The molecular formula is C18H19F3N4O5S. The third kappa shape index (κ3) is 4.82. The molecule has 2 aromatic rings. The number of carboxylic acids is 1. The fourth-order valence-corrected chi connectivity index (χ4v) is 4.61. The van der Waals surface area contributed by atoms with Gasteiger partial charge in [-0.1, -0.05) is 0 Å². The highest BCUT2D eigenvalue weighted by atomic mass is 32.2. The molecule has 0 unspecified atom stereocenters. The molecule has 0 saturated carbocycles. The van der Waals surface area contributed by atoms with E-state index in [1.807, 2.05) is 0 Å². The molecule has 1 aromatic heterocycles. The summed E-state index contributed by atoms with van der Waals surface area (Å²) in [5.41, 5.74) is -0.831. The Morgan fingerprint density at radius 2 is 1.65 bits per heavy atom. The molecule has 2 N–H and O–H groups in total. The van der Waals surface area contributed by atoms with Crippen molar-refractivity contribution < 1.29 is 36.3 Å². The van der Waals surface area contributed by atoms with E-state index in [-0.39, 0.29) is 42.5 Å². The van der Waals surface area contributed by atoms with Crippen LogP contribution in [-0.2, 0) is 23.2 Å². The van der Waals surface area contributed by atoms with Crippen molar-refractivity contribution in [2.75, 3.05) is 31.5 Å². The molecule has 1 saturated heterocycles. The van der Waals surface area contributed by atoms with E-state index >= 15 is 0 Å². The summed E-state index contributed by atoms with van der Waals surface area (Å²) in [5, 5.41) is 11.6. The fourth-order valence-electron chi connectivity index (χ4n) is 3.11. The second-order valence-corrected chi connectivity index (χ2v) is 8.81. The Bertz CT molecular complexity index is 1090. The normalized spacial score (nSPS) is 15.7. The van der Waals surface area contributed by atoms with Gasteiger partial charge in [0.05, 0.1) is 5.56 Å². The number of anilines is 1. The number of aromatic nitrogens is 1. The number of rotatable bonds is 4. The van der Waals surface area contributed by atoms with Crippen molar-refractivity contribution in [1.29, 1.82) is 0 Å². The molecule has 2 amide bonds. The van der Waals surface area contributed by atoms with Crippen molar-refractivity contribution in [2.24, 2.45) is 7.05 Å². The molecule has 9 nitrogen and oxygen atoms in total. The first-order valence-electron chi connectivity index (χ1n) is 9.02. The van der Waals surface area contributed by atoms with Crippen LogP contribution in [0.25, 0.3) is 0 Å².